The van der Waals surface area contributed by atoms with Gasteiger partial charge in [-0.3, -0.25) is 24.0 Å². The summed E-state index contributed by atoms with van der Waals surface area (Å²) in [6, 6.07) is 3.79. The van der Waals surface area contributed by atoms with Gasteiger partial charge in [0.15, 0.2) is 0 Å². The first-order valence-electron chi connectivity index (χ1n) is 18.3. The van der Waals surface area contributed by atoms with Crippen LogP contribution in [0.2, 0.25) is 0 Å². The molecule has 1 aromatic rings. The van der Waals surface area contributed by atoms with Gasteiger partial charge in [0, 0.05) is 13.0 Å². The van der Waals surface area contributed by atoms with Crippen LogP contribution in [0.1, 0.15) is 94.2 Å². The lowest BCUT2D eigenvalue weighted by Crippen LogP contribution is -2.59. The van der Waals surface area contributed by atoms with E-state index in [4.69, 9.17) is 9.47 Å². The Labute approximate surface area is 298 Å². The van der Waals surface area contributed by atoms with Crippen LogP contribution in [-0.2, 0) is 47.0 Å². The van der Waals surface area contributed by atoms with E-state index in [1.807, 2.05) is 37.3 Å². The Morgan fingerprint density at radius 3 is 2.57 bits per heavy atom. The third-order valence-corrected chi connectivity index (χ3v) is 13.2. The molecule has 7 rings (SSSR count). The van der Waals surface area contributed by atoms with Crippen LogP contribution in [0, 0.1) is 11.8 Å². The number of nitrogens with one attached hydrogen (secondary N) is 3. The van der Waals surface area contributed by atoms with Crippen molar-refractivity contribution in [1.82, 2.24) is 25.2 Å². The van der Waals surface area contributed by atoms with Gasteiger partial charge in [-0.2, -0.15) is 0 Å². The van der Waals surface area contributed by atoms with Crippen LogP contribution in [0.25, 0.3) is 6.08 Å². The fraction of sp³-hybridized carbons (Fsp3) is 0.639. The molecule has 4 bridgehead atoms. The van der Waals surface area contributed by atoms with Crippen molar-refractivity contribution in [3.05, 3.63) is 41.0 Å². The van der Waals surface area contributed by atoms with E-state index >= 15 is 0 Å². The Hall–Kier alpha value is -4.14. The largest absolute Gasteiger partial charge is 0.450 e. The number of rotatable bonds is 7. The van der Waals surface area contributed by atoms with Gasteiger partial charge in [-0.25, -0.2) is 18.0 Å². The van der Waals surface area contributed by atoms with Gasteiger partial charge in [-0.1, -0.05) is 56.5 Å². The summed E-state index contributed by atoms with van der Waals surface area (Å²) >= 11 is 0. The molecule has 1 saturated heterocycles. The van der Waals surface area contributed by atoms with E-state index in [-0.39, 0.29) is 37.8 Å². The molecule has 3 aliphatic heterocycles. The Balaban J connectivity index is 1.15. The van der Waals surface area contributed by atoms with E-state index in [0.717, 1.165) is 29.5 Å². The second-order valence-corrected chi connectivity index (χ2v) is 16.8. The second-order valence-electron chi connectivity index (χ2n) is 14.9. The van der Waals surface area contributed by atoms with Gasteiger partial charge >= 0.3 is 12.2 Å². The van der Waals surface area contributed by atoms with Gasteiger partial charge in [-0.05, 0) is 73.5 Å². The van der Waals surface area contributed by atoms with Gasteiger partial charge in [0.25, 0.3) is 5.91 Å². The topological polar surface area (TPSA) is 181 Å². The molecule has 0 spiro atoms. The van der Waals surface area contributed by atoms with Crippen molar-refractivity contribution >= 4 is 46.0 Å². The van der Waals surface area contributed by atoms with Gasteiger partial charge in [-0.15, -0.1) is 0 Å². The number of carbonyl (C=O) groups is 5. The van der Waals surface area contributed by atoms with Gasteiger partial charge in [0.05, 0.1) is 24.9 Å². The molecule has 6 aliphatic rings. The van der Waals surface area contributed by atoms with Crippen molar-refractivity contribution in [2.45, 2.75) is 120 Å². The summed E-state index contributed by atoms with van der Waals surface area (Å²) in [6.07, 6.45) is 8.01. The van der Waals surface area contributed by atoms with Crippen LogP contribution in [-0.4, -0.2) is 90.3 Å². The molecular formula is C36H47N5O9S. The summed E-state index contributed by atoms with van der Waals surface area (Å²) in [6.45, 7) is 2.62. The number of alkyl carbamates (subject to hydrolysis) is 1. The Kier molecular flexibility index (Phi) is 9.76. The molecule has 0 aromatic heterocycles. The predicted molar refractivity (Wildman–Crippen MR) is 184 cm³/mol. The average molecular weight is 726 g/mol. The minimum atomic E-state index is -3.86. The highest BCUT2D eigenvalue weighted by atomic mass is 32.2. The van der Waals surface area contributed by atoms with Gasteiger partial charge in [0.2, 0.25) is 21.8 Å². The molecule has 4 fully saturated rings. The van der Waals surface area contributed by atoms with Crippen molar-refractivity contribution in [2.24, 2.45) is 11.8 Å². The van der Waals surface area contributed by atoms with Gasteiger partial charge in [0.1, 0.15) is 23.7 Å². The minimum absolute atomic E-state index is 0.0330. The molecule has 0 radical (unpaired) electrons. The highest BCUT2D eigenvalue weighted by molar-refractivity contribution is 7.91. The number of nitrogens with zero attached hydrogens (tertiary/aromatic N) is 2. The highest BCUT2D eigenvalue weighted by Crippen LogP contribution is 2.47. The summed E-state index contributed by atoms with van der Waals surface area (Å²) < 4.78 is 39.0. The lowest BCUT2D eigenvalue weighted by Gasteiger charge is -2.32. The van der Waals surface area contributed by atoms with Crippen LogP contribution >= 0.6 is 0 Å². The van der Waals surface area contributed by atoms with E-state index in [1.54, 1.807) is 4.90 Å². The lowest BCUT2D eigenvalue weighted by atomic mass is 9.96. The van der Waals surface area contributed by atoms with E-state index in [9.17, 15) is 32.4 Å². The molecule has 3 aliphatic carbocycles. The van der Waals surface area contributed by atoms with Crippen LogP contribution in [0.15, 0.2) is 24.3 Å². The standard InChI is InChI=1S/C36H47N5O9S/c1-2-25-18-36(25,33(44)39-51(47,48)27-14-15-27)38-31(42)29-17-26-20-41(29)32(43)30(23-10-5-6-11-23)37-34(45)49-16-7-3-4-9-22-12-8-13-24-19-40(21-28(22)24)35(46)50-26/h4,8-9,12-13,23,25-27,29-30H,2-3,5-7,10-11,14-21H2,1H3,(H,37,45)(H,38,42)(H,39,44)/b9-4+/t25-,26-,29+,30+,36-/m1/s1. The lowest BCUT2D eigenvalue weighted by molar-refractivity contribution is -0.142. The van der Waals surface area contributed by atoms with Gasteiger partial charge < -0.3 is 25.0 Å². The third kappa shape index (κ3) is 7.31. The maximum atomic E-state index is 14.5. The number of hydrogen-bond acceptors (Lipinski definition) is 9. The SMILES string of the molecule is CC[C@@H]1C[C@]1(NC(=O)[C@@H]1C[C@@H]2CN1C(=O)[C@H](C1CCCC1)NC(=O)OCCC/C=C/c1cccc3c1CN(C3)C(=O)O2)C(=O)NS(=O)(=O)C1CC1. The molecule has 3 heterocycles. The first-order valence-corrected chi connectivity index (χ1v) is 19.9. The number of sulfonamides is 1. The first-order chi connectivity index (χ1) is 24.5. The van der Waals surface area contributed by atoms with E-state index < -0.39 is 68.9 Å². The normalized spacial score (nSPS) is 30.7. The molecule has 3 saturated carbocycles. The smallest absolute Gasteiger partial charge is 0.410 e. The molecule has 14 nitrogen and oxygen atoms in total. The van der Waals surface area contributed by atoms with Crippen LogP contribution < -0.4 is 15.4 Å². The summed E-state index contributed by atoms with van der Waals surface area (Å²) in [5.74, 6) is -2.38. The van der Waals surface area contributed by atoms with Crippen molar-refractivity contribution in [1.29, 1.82) is 0 Å². The number of hydrogen-bond donors (Lipinski definition) is 3. The third-order valence-electron chi connectivity index (χ3n) is 11.4. The summed E-state index contributed by atoms with van der Waals surface area (Å²) in [7, 11) is -3.86. The molecule has 51 heavy (non-hydrogen) atoms. The minimum Gasteiger partial charge on any atom is -0.450 e. The second kappa shape index (κ2) is 14.1. The average Bonchev–Trinajstić information content (AvgIpc) is 3.88. The highest BCUT2D eigenvalue weighted by Gasteiger charge is 2.62. The molecule has 5 atom stereocenters. The summed E-state index contributed by atoms with van der Waals surface area (Å²) in [5.41, 5.74) is 1.57. The van der Waals surface area contributed by atoms with E-state index in [1.165, 1.54) is 4.90 Å². The van der Waals surface area contributed by atoms with Crippen molar-refractivity contribution < 1.29 is 41.9 Å². The molecule has 1 aromatic carbocycles. The van der Waals surface area contributed by atoms with Crippen LogP contribution in [0.3, 0.4) is 0 Å². The Morgan fingerprint density at radius 1 is 1.06 bits per heavy atom. The number of carbonyl (C=O) groups excluding carboxylic acids is 5. The number of allylic oxidation sites excluding steroid dienone is 1. The maximum absolute atomic E-state index is 14.5. The van der Waals surface area contributed by atoms with Crippen molar-refractivity contribution in [2.75, 3.05) is 13.2 Å². The molecule has 3 N–H and O–H groups in total. The molecular weight excluding hydrogens is 678 g/mol. The summed E-state index contributed by atoms with van der Waals surface area (Å²) in [4.78, 5) is 71.7. The number of ether oxygens (including phenoxy) is 2. The van der Waals surface area contributed by atoms with Crippen LogP contribution in [0.4, 0.5) is 9.59 Å². The van der Waals surface area contributed by atoms with Crippen LogP contribution in [0.5, 0.6) is 0 Å². The monoisotopic (exact) mass is 725 g/mol. The number of cyclic esters (lactones) is 1. The first kappa shape index (κ1) is 35.3. The van der Waals surface area contributed by atoms with E-state index in [0.29, 0.717) is 58.0 Å². The Bertz CT molecular complexity index is 1720. The quantitative estimate of drug-likeness (QED) is 0.381. The fourth-order valence-corrected chi connectivity index (χ4v) is 9.58. The van der Waals surface area contributed by atoms with Crippen molar-refractivity contribution in [3.63, 3.8) is 0 Å². The molecule has 0 unspecified atom stereocenters. The van der Waals surface area contributed by atoms with Crippen molar-refractivity contribution in [3.8, 4) is 0 Å². The molecule has 15 heteroatoms. The predicted octanol–water partition coefficient (Wildman–Crippen LogP) is 3.09. The zero-order valence-corrected chi connectivity index (χ0v) is 29.8. The molecule has 5 amide bonds. The summed E-state index contributed by atoms with van der Waals surface area (Å²) in [5, 5.41) is 5.01. The molecule has 276 valence electrons. The maximum Gasteiger partial charge on any atom is 0.410 e. The zero-order chi connectivity index (χ0) is 35.9. The number of benzene rings is 1. The Morgan fingerprint density at radius 2 is 1.84 bits per heavy atom. The number of fused-ring (bicyclic) bond motifs is 3. The number of amides is 5. The fourth-order valence-electron chi connectivity index (χ4n) is 8.22. The zero-order valence-electron chi connectivity index (χ0n) is 28.9. The van der Waals surface area contributed by atoms with E-state index in [2.05, 4.69) is 15.4 Å².